The molecule has 0 fully saturated rings. The van der Waals surface area contributed by atoms with E-state index in [1.807, 2.05) is 64.1 Å². The second-order valence-corrected chi connectivity index (χ2v) is 10.4. The number of phenolic OH excluding ortho intramolecular Hbond substituents is 2. The number of benzene rings is 1. The molecule has 168 valence electrons. The van der Waals surface area contributed by atoms with E-state index < -0.39 is 0 Å². The number of hydrogen-bond acceptors (Lipinski definition) is 7. The molecule has 0 radical (unpaired) electrons. The molecule has 0 amide bonds. The lowest BCUT2D eigenvalue weighted by Crippen LogP contribution is -1.86. The molecule has 7 heteroatoms. The Morgan fingerprint density at radius 1 is 0.879 bits per heavy atom. The van der Waals surface area contributed by atoms with Crippen molar-refractivity contribution in [3.63, 3.8) is 0 Å². The zero-order valence-electron chi connectivity index (χ0n) is 18.9. The van der Waals surface area contributed by atoms with Gasteiger partial charge in [-0.25, -0.2) is 0 Å². The highest BCUT2D eigenvalue weighted by Crippen LogP contribution is 2.52. The maximum absolute atomic E-state index is 11.1. The monoisotopic (exact) mass is 492 g/mol. The number of aromatic hydroxyl groups is 2. The molecule has 4 nitrogen and oxygen atoms in total. The first-order valence-electron chi connectivity index (χ1n) is 10.3. The number of phenols is 2. The van der Waals surface area contributed by atoms with Crippen LogP contribution in [0.15, 0.2) is 60.7 Å². The summed E-state index contributed by atoms with van der Waals surface area (Å²) >= 11 is 4.11. The number of thiophene rings is 2. The minimum Gasteiger partial charge on any atom is -0.504 e. The van der Waals surface area contributed by atoms with Crippen molar-refractivity contribution in [3.05, 3.63) is 70.5 Å². The van der Waals surface area contributed by atoms with E-state index >= 15 is 0 Å². The summed E-state index contributed by atoms with van der Waals surface area (Å²) in [5, 5.41) is 22.2. The van der Waals surface area contributed by atoms with Crippen molar-refractivity contribution in [1.82, 2.24) is 8.75 Å². The molecule has 1 aromatic carbocycles. The second kappa shape index (κ2) is 9.09. The van der Waals surface area contributed by atoms with Crippen LogP contribution in [0.5, 0.6) is 11.5 Å². The van der Waals surface area contributed by atoms with Gasteiger partial charge in [0.05, 0.1) is 22.9 Å². The number of aromatic nitrogens is 2. The third-order valence-corrected chi connectivity index (χ3v) is 8.75. The average molecular weight is 493 g/mol. The van der Waals surface area contributed by atoms with Crippen LogP contribution in [-0.2, 0) is 0 Å². The van der Waals surface area contributed by atoms with Crippen LogP contribution in [0.1, 0.15) is 37.4 Å². The Labute approximate surface area is 205 Å². The van der Waals surface area contributed by atoms with Gasteiger partial charge in [-0.1, -0.05) is 25.3 Å². The van der Waals surface area contributed by atoms with Gasteiger partial charge in [0.15, 0.2) is 11.5 Å². The Kier molecular flexibility index (Phi) is 6.38. The number of nitrogens with zero attached hydrogens (tertiary/aromatic N) is 2. The van der Waals surface area contributed by atoms with Crippen LogP contribution in [-0.4, -0.2) is 19.0 Å². The Morgan fingerprint density at radius 2 is 1.39 bits per heavy atom. The summed E-state index contributed by atoms with van der Waals surface area (Å²) in [5.41, 5.74) is 6.41. The van der Waals surface area contributed by atoms with Crippen LogP contribution in [0.2, 0.25) is 0 Å². The van der Waals surface area contributed by atoms with Crippen LogP contribution in [0.3, 0.4) is 0 Å². The van der Waals surface area contributed by atoms with Gasteiger partial charge in [-0.15, -0.1) is 22.7 Å². The maximum Gasteiger partial charge on any atom is 0.169 e. The highest BCUT2D eigenvalue weighted by molar-refractivity contribution is 7.17. The van der Waals surface area contributed by atoms with Crippen LogP contribution >= 0.6 is 34.4 Å². The average Bonchev–Trinajstić information content (AvgIpc) is 3.59. The molecule has 3 aromatic heterocycles. The van der Waals surface area contributed by atoms with E-state index in [4.69, 9.17) is 0 Å². The van der Waals surface area contributed by atoms with E-state index in [1.54, 1.807) is 0 Å². The van der Waals surface area contributed by atoms with Gasteiger partial charge in [0.25, 0.3) is 0 Å². The van der Waals surface area contributed by atoms with E-state index in [0.29, 0.717) is 22.2 Å². The van der Waals surface area contributed by atoms with Crippen LogP contribution < -0.4 is 0 Å². The van der Waals surface area contributed by atoms with Crippen molar-refractivity contribution in [2.45, 2.75) is 27.7 Å². The summed E-state index contributed by atoms with van der Waals surface area (Å²) in [6.45, 7) is 16.1. The maximum atomic E-state index is 11.1. The summed E-state index contributed by atoms with van der Waals surface area (Å²) in [6.07, 6.45) is 3.85. The van der Waals surface area contributed by atoms with Gasteiger partial charge in [0, 0.05) is 19.5 Å². The predicted molar refractivity (Wildman–Crippen MR) is 144 cm³/mol. The van der Waals surface area contributed by atoms with Gasteiger partial charge in [0.1, 0.15) is 11.0 Å². The summed E-state index contributed by atoms with van der Waals surface area (Å²) < 4.78 is 8.97. The fraction of sp³-hybridized carbons (Fsp3) is 0.154. The fourth-order valence-electron chi connectivity index (χ4n) is 3.47. The standard InChI is InChI=1S/C26H24N2O2S3/c1-7-13(3)15(5)17-9-11-19(31-17)21-23-24(28-33-27-23)22(26(30)25(21)29)20-12-10-18(32-20)16(6)14(4)8-2/h7-12,29-30H,1,6H2,2-5H3/b14-8-,15-13+. The largest absolute Gasteiger partial charge is 0.504 e. The smallest absolute Gasteiger partial charge is 0.169 e. The Morgan fingerprint density at radius 3 is 1.91 bits per heavy atom. The van der Waals surface area contributed by atoms with E-state index in [-0.39, 0.29) is 11.5 Å². The molecule has 0 unspecified atom stereocenters. The molecule has 2 N–H and O–H groups in total. The molecular weight excluding hydrogens is 468 g/mol. The highest BCUT2D eigenvalue weighted by atomic mass is 32.1. The number of hydrogen-bond donors (Lipinski definition) is 2. The van der Waals surface area contributed by atoms with Crippen molar-refractivity contribution in [3.8, 4) is 32.4 Å². The number of allylic oxidation sites excluding steroid dienone is 6. The Hall–Kier alpha value is -3.00. The first kappa shape index (κ1) is 23.2. The number of fused-ring (bicyclic) bond motifs is 1. The lowest BCUT2D eigenvalue weighted by Gasteiger charge is -2.10. The minimum atomic E-state index is -0.184. The quantitative estimate of drug-likeness (QED) is 0.209. The predicted octanol–water partition coefficient (Wildman–Crippen LogP) is 8.52. The van der Waals surface area contributed by atoms with E-state index in [0.717, 1.165) is 53.5 Å². The summed E-state index contributed by atoms with van der Waals surface area (Å²) in [4.78, 5) is 3.70. The molecule has 3 heterocycles. The summed E-state index contributed by atoms with van der Waals surface area (Å²) in [5.74, 6) is -0.365. The molecule has 33 heavy (non-hydrogen) atoms. The fourth-order valence-corrected chi connectivity index (χ4v) is 6.24. The van der Waals surface area contributed by atoms with Gasteiger partial charge in [-0.2, -0.15) is 8.75 Å². The molecule has 0 aliphatic rings. The van der Waals surface area contributed by atoms with E-state index in [9.17, 15) is 10.2 Å². The van der Waals surface area contributed by atoms with Crippen molar-refractivity contribution < 1.29 is 10.2 Å². The van der Waals surface area contributed by atoms with E-state index in [1.165, 1.54) is 22.7 Å². The zero-order valence-corrected chi connectivity index (χ0v) is 21.3. The van der Waals surface area contributed by atoms with E-state index in [2.05, 4.69) is 21.9 Å². The molecule has 0 aliphatic carbocycles. The molecule has 4 aromatic rings. The van der Waals surface area contributed by atoms with Gasteiger partial charge in [-0.05, 0) is 74.3 Å². The Bertz CT molecular complexity index is 1460. The van der Waals surface area contributed by atoms with Crippen LogP contribution in [0, 0.1) is 0 Å². The highest BCUT2D eigenvalue weighted by Gasteiger charge is 2.26. The van der Waals surface area contributed by atoms with Gasteiger partial charge in [-0.3, -0.25) is 0 Å². The van der Waals surface area contributed by atoms with Gasteiger partial charge in [0.2, 0.25) is 0 Å². The summed E-state index contributed by atoms with van der Waals surface area (Å²) in [7, 11) is 0. The van der Waals surface area contributed by atoms with Crippen molar-refractivity contribution in [1.29, 1.82) is 0 Å². The third-order valence-electron chi connectivity index (χ3n) is 5.84. The molecule has 0 atom stereocenters. The van der Waals surface area contributed by atoms with Crippen molar-refractivity contribution in [2.24, 2.45) is 0 Å². The number of rotatable bonds is 6. The SMILES string of the molecule is C=C/C(C)=C(\C)c1ccc(-c2c(O)c(O)c(-c3ccc(C(=C)/C(C)=C\C)s3)c3nsnc23)s1. The first-order valence-corrected chi connectivity index (χ1v) is 12.7. The lowest BCUT2D eigenvalue weighted by molar-refractivity contribution is 0.407. The molecular formula is C26H24N2O2S3. The third kappa shape index (κ3) is 3.97. The van der Waals surface area contributed by atoms with Crippen LogP contribution in [0.4, 0.5) is 0 Å². The Balaban J connectivity index is 1.88. The van der Waals surface area contributed by atoms with Crippen LogP contribution in [0.25, 0.3) is 43.1 Å². The van der Waals surface area contributed by atoms with Gasteiger partial charge >= 0.3 is 0 Å². The van der Waals surface area contributed by atoms with Crippen molar-refractivity contribution >= 4 is 56.6 Å². The summed E-state index contributed by atoms with van der Waals surface area (Å²) in [6, 6.07) is 7.86. The van der Waals surface area contributed by atoms with Crippen molar-refractivity contribution in [2.75, 3.05) is 0 Å². The topological polar surface area (TPSA) is 66.2 Å². The minimum absolute atomic E-state index is 0.181. The molecule has 4 rings (SSSR count). The molecule has 0 bridgehead atoms. The molecule has 0 saturated carbocycles. The normalized spacial score (nSPS) is 12.8. The van der Waals surface area contributed by atoms with Gasteiger partial charge < -0.3 is 10.2 Å². The second-order valence-electron chi connectivity index (χ2n) is 7.70. The molecule has 0 aliphatic heterocycles. The lowest BCUT2D eigenvalue weighted by atomic mass is 10.0. The first-order chi connectivity index (χ1) is 15.8. The molecule has 0 saturated heterocycles. The molecule has 0 spiro atoms. The zero-order chi connectivity index (χ0) is 23.9.